The van der Waals surface area contributed by atoms with Crippen molar-refractivity contribution >= 4 is 0 Å². The Morgan fingerprint density at radius 3 is 2.12 bits per heavy atom. The van der Waals surface area contributed by atoms with Crippen LogP contribution in [0.1, 0.15) is 51.9 Å². The molecule has 2 rings (SSSR count). The molecule has 0 heterocycles. The smallest absolute Gasteiger partial charge is 0.311 e. The summed E-state index contributed by atoms with van der Waals surface area (Å²) in [6, 6.07) is 0.775. The standard InChI is InChI=1S/C13H22F3N/c1-9(8-10-2-3-10)17-12-6-4-11(5-7-12)13(14,15)16/h9-12,17H,2-8H2,1H3. The maximum Gasteiger partial charge on any atom is 0.391 e. The molecule has 2 aliphatic carbocycles. The van der Waals surface area contributed by atoms with Crippen LogP contribution in [0.5, 0.6) is 0 Å². The first-order valence-electron chi connectivity index (χ1n) is 6.78. The number of rotatable bonds is 4. The second kappa shape index (κ2) is 5.17. The molecule has 0 aromatic rings. The van der Waals surface area contributed by atoms with Crippen LogP contribution < -0.4 is 5.32 Å². The van der Waals surface area contributed by atoms with Crippen LogP contribution in [0.4, 0.5) is 13.2 Å². The average molecular weight is 249 g/mol. The molecule has 2 fully saturated rings. The molecule has 0 aromatic carbocycles. The SMILES string of the molecule is CC(CC1CC1)NC1CCC(C(F)(F)F)CC1. The van der Waals surface area contributed by atoms with Crippen molar-refractivity contribution in [3.63, 3.8) is 0 Å². The zero-order chi connectivity index (χ0) is 12.5. The largest absolute Gasteiger partial charge is 0.391 e. The Hall–Kier alpha value is -0.250. The van der Waals surface area contributed by atoms with Crippen molar-refractivity contribution in [2.75, 3.05) is 0 Å². The van der Waals surface area contributed by atoms with E-state index >= 15 is 0 Å². The average Bonchev–Trinajstić information content (AvgIpc) is 3.01. The topological polar surface area (TPSA) is 12.0 Å². The van der Waals surface area contributed by atoms with Crippen molar-refractivity contribution in [2.24, 2.45) is 11.8 Å². The van der Waals surface area contributed by atoms with Gasteiger partial charge in [0.15, 0.2) is 0 Å². The van der Waals surface area contributed by atoms with Gasteiger partial charge < -0.3 is 5.32 Å². The van der Waals surface area contributed by atoms with E-state index in [2.05, 4.69) is 12.2 Å². The number of hydrogen-bond donors (Lipinski definition) is 1. The fourth-order valence-corrected chi connectivity index (χ4v) is 2.91. The highest BCUT2D eigenvalue weighted by Gasteiger charge is 2.41. The zero-order valence-electron chi connectivity index (χ0n) is 10.4. The Labute approximate surface area is 101 Å². The minimum atomic E-state index is -3.98. The lowest BCUT2D eigenvalue weighted by molar-refractivity contribution is -0.182. The first-order valence-corrected chi connectivity index (χ1v) is 6.78. The lowest BCUT2D eigenvalue weighted by Crippen LogP contribution is -2.41. The highest BCUT2D eigenvalue weighted by molar-refractivity contribution is 4.84. The van der Waals surface area contributed by atoms with Crippen molar-refractivity contribution in [3.8, 4) is 0 Å². The van der Waals surface area contributed by atoms with Crippen LogP contribution in [0.3, 0.4) is 0 Å². The molecule has 1 N–H and O–H groups in total. The molecule has 1 unspecified atom stereocenters. The van der Waals surface area contributed by atoms with Gasteiger partial charge in [0.2, 0.25) is 0 Å². The van der Waals surface area contributed by atoms with Gasteiger partial charge in [-0.25, -0.2) is 0 Å². The van der Waals surface area contributed by atoms with Gasteiger partial charge in [0.25, 0.3) is 0 Å². The summed E-state index contributed by atoms with van der Waals surface area (Å²) in [6.07, 6.45) is 1.86. The molecule has 0 aromatic heterocycles. The van der Waals surface area contributed by atoms with E-state index < -0.39 is 12.1 Å². The first-order chi connectivity index (χ1) is 7.95. The highest BCUT2D eigenvalue weighted by Crippen LogP contribution is 2.38. The third kappa shape index (κ3) is 4.16. The van der Waals surface area contributed by atoms with Gasteiger partial charge in [-0.3, -0.25) is 0 Å². The molecule has 2 aliphatic rings. The molecule has 0 spiro atoms. The molecule has 100 valence electrons. The van der Waals surface area contributed by atoms with Gasteiger partial charge in [-0.2, -0.15) is 13.2 Å². The predicted molar refractivity (Wildman–Crippen MR) is 61.7 cm³/mol. The number of halogens is 3. The van der Waals surface area contributed by atoms with Crippen LogP contribution in [0.15, 0.2) is 0 Å². The lowest BCUT2D eigenvalue weighted by Gasteiger charge is -2.32. The van der Waals surface area contributed by atoms with E-state index in [1.54, 1.807) is 0 Å². The van der Waals surface area contributed by atoms with Gasteiger partial charge in [-0.15, -0.1) is 0 Å². The molecule has 0 amide bonds. The van der Waals surface area contributed by atoms with Crippen molar-refractivity contribution < 1.29 is 13.2 Å². The Kier molecular flexibility index (Phi) is 4.01. The van der Waals surface area contributed by atoms with Crippen LogP contribution in [0.25, 0.3) is 0 Å². The molecule has 0 radical (unpaired) electrons. The molecule has 1 atom stereocenters. The van der Waals surface area contributed by atoms with Crippen LogP contribution in [-0.4, -0.2) is 18.3 Å². The van der Waals surface area contributed by atoms with E-state index in [4.69, 9.17) is 0 Å². The summed E-state index contributed by atoms with van der Waals surface area (Å²) >= 11 is 0. The molecular weight excluding hydrogens is 227 g/mol. The molecule has 1 nitrogen and oxygen atoms in total. The van der Waals surface area contributed by atoms with E-state index in [0.29, 0.717) is 37.8 Å². The summed E-state index contributed by atoms with van der Waals surface area (Å²) < 4.78 is 37.5. The molecule has 0 bridgehead atoms. The van der Waals surface area contributed by atoms with Gasteiger partial charge in [0, 0.05) is 12.1 Å². The number of nitrogens with one attached hydrogen (secondary N) is 1. The molecule has 2 saturated carbocycles. The highest BCUT2D eigenvalue weighted by atomic mass is 19.4. The Morgan fingerprint density at radius 2 is 1.65 bits per heavy atom. The fourth-order valence-electron chi connectivity index (χ4n) is 2.91. The number of alkyl halides is 3. The molecule has 0 saturated heterocycles. The minimum absolute atomic E-state index is 0.303. The van der Waals surface area contributed by atoms with Crippen LogP contribution in [-0.2, 0) is 0 Å². The minimum Gasteiger partial charge on any atom is -0.311 e. The fraction of sp³-hybridized carbons (Fsp3) is 1.00. The second-order valence-electron chi connectivity index (χ2n) is 5.84. The van der Waals surface area contributed by atoms with Gasteiger partial charge in [0.05, 0.1) is 5.92 Å². The predicted octanol–water partition coefficient (Wildman–Crippen LogP) is 3.89. The number of hydrogen-bond acceptors (Lipinski definition) is 1. The molecule has 0 aliphatic heterocycles. The monoisotopic (exact) mass is 249 g/mol. The Balaban J connectivity index is 1.67. The van der Waals surface area contributed by atoms with Crippen molar-refractivity contribution in [1.82, 2.24) is 5.32 Å². The summed E-state index contributed by atoms with van der Waals surface area (Å²) in [4.78, 5) is 0. The van der Waals surface area contributed by atoms with E-state index in [9.17, 15) is 13.2 Å². The maximum absolute atomic E-state index is 12.5. The van der Waals surface area contributed by atoms with E-state index in [-0.39, 0.29) is 0 Å². The van der Waals surface area contributed by atoms with Crippen molar-refractivity contribution in [1.29, 1.82) is 0 Å². The third-order valence-electron chi connectivity index (χ3n) is 4.09. The summed E-state index contributed by atoms with van der Waals surface area (Å²) in [5.41, 5.74) is 0. The van der Waals surface area contributed by atoms with Gasteiger partial charge in [-0.1, -0.05) is 12.8 Å². The third-order valence-corrected chi connectivity index (χ3v) is 4.09. The van der Waals surface area contributed by atoms with Crippen molar-refractivity contribution in [2.45, 2.75) is 70.1 Å². The summed E-state index contributed by atoms with van der Waals surface area (Å²) in [7, 11) is 0. The van der Waals surface area contributed by atoms with E-state index in [0.717, 1.165) is 5.92 Å². The van der Waals surface area contributed by atoms with E-state index in [1.807, 2.05) is 0 Å². The molecule has 4 heteroatoms. The zero-order valence-corrected chi connectivity index (χ0v) is 10.4. The second-order valence-corrected chi connectivity index (χ2v) is 5.84. The Morgan fingerprint density at radius 1 is 1.06 bits per heavy atom. The van der Waals surface area contributed by atoms with E-state index in [1.165, 1.54) is 19.3 Å². The van der Waals surface area contributed by atoms with Crippen LogP contribution >= 0.6 is 0 Å². The summed E-state index contributed by atoms with van der Waals surface area (Å²) in [5.74, 6) is -0.177. The summed E-state index contributed by atoms with van der Waals surface area (Å²) in [5, 5.41) is 3.49. The first kappa shape index (κ1) is 13.2. The molecular formula is C13H22F3N. The molecule has 17 heavy (non-hydrogen) atoms. The van der Waals surface area contributed by atoms with Gasteiger partial charge in [0.1, 0.15) is 0 Å². The maximum atomic E-state index is 12.5. The summed E-state index contributed by atoms with van der Waals surface area (Å²) in [6.45, 7) is 2.16. The van der Waals surface area contributed by atoms with Gasteiger partial charge >= 0.3 is 6.18 Å². The Bertz CT molecular complexity index is 240. The quantitative estimate of drug-likeness (QED) is 0.797. The lowest BCUT2D eigenvalue weighted by atomic mass is 9.85. The normalized spacial score (nSPS) is 32.5. The van der Waals surface area contributed by atoms with Crippen molar-refractivity contribution in [3.05, 3.63) is 0 Å². The van der Waals surface area contributed by atoms with Crippen LogP contribution in [0.2, 0.25) is 0 Å². The van der Waals surface area contributed by atoms with Gasteiger partial charge in [-0.05, 0) is 44.9 Å². The van der Waals surface area contributed by atoms with Crippen LogP contribution in [0, 0.1) is 11.8 Å².